The maximum absolute atomic E-state index is 14.2. The molecule has 1 N–H and O–H groups in total. The van der Waals surface area contributed by atoms with Crippen LogP contribution in [-0.4, -0.2) is 43.8 Å². The van der Waals surface area contributed by atoms with Crippen LogP contribution >= 0.6 is 0 Å². The van der Waals surface area contributed by atoms with Gasteiger partial charge in [0, 0.05) is 12.6 Å². The number of hydrogen-bond acceptors (Lipinski definition) is 4. The number of rotatable bonds is 11. The molecule has 1 aliphatic rings. The summed E-state index contributed by atoms with van der Waals surface area (Å²) in [5, 5.41) is 3.13. The molecule has 2 amide bonds. The Hall–Kier alpha value is -3.72. The molecule has 3 aromatic rings. The number of amides is 2. The quantitative estimate of drug-likeness (QED) is 0.300. The minimum Gasteiger partial charge on any atom is -0.352 e. The number of carbonyl (C=O) groups is 2. The first kappa shape index (κ1) is 31.2. The standard InChI is InChI=1S/C33H40FN3O4S/c1-4-31(33(39)35-28-11-7-5-8-12-28)36(22-26-15-17-27(34)18-16-26)32(38)23-37(29-20-24(2)19-25(3)21-29)42(40,41)30-13-9-6-10-14-30/h6,9-10,13-21,28,31H,4-5,7-8,11-12,22-23H2,1-3H3,(H,35,39)/t31-/m0/s1. The Bertz CT molecular complexity index is 1450. The molecule has 1 atom stereocenters. The van der Waals surface area contributed by atoms with Crippen molar-refractivity contribution < 1.29 is 22.4 Å². The Labute approximate surface area is 248 Å². The Kier molecular flexibility index (Phi) is 10.4. The van der Waals surface area contributed by atoms with Crippen LogP contribution in [0.4, 0.5) is 10.1 Å². The summed E-state index contributed by atoms with van der Waals surface area (Å²) >= 11 is 0. The molecule has 0 saturated heterocycles. The third kappa shape index (κ3) is 7.76. The molecule has 0 spiro atoms. The predicted molar refractivity (Wildman–Crippen MR) is 163 cm³/mol. The summed E-state index contributed by atoms with van der Waals surface area (Å²) in [5.41, 5.74) is 2.71. The number of benzene rings is 3. The molecule has 0 aromatic heterocycles. The summed E-state index contributed by atoms with van der Waals surface area (Å²) < 4.78 is 42.8. The Balaban J connectivity index is 1.71. The molecule has 0 aliphatic heterocycles. The summed E-state index contributed by atoms with van der Waals surface area (Å²) in [6.07, 6.45) is 5.35. The van der Waals surface area contributed by atoms with Gasteiger partial charge >= 0.3 is 0 Å². The van der Waals surface area contributed by atoms with E-state index in [4.69, 9.17) is 0 Å². The first-order chi connectivity index (χ1) is 20.1. The third-order valence-electron chi connectivity index (χ3n) is 7.71. The summed E-state index contributed by atoms with van der Waals surface area (Å²) in [4.78, 5) is 29.3. The van der Waals surface area contributed by atoms with E-state index in [0.29, 0.717) is 17.7 Å². The minimum absolute atomic E-state index is 0.0295. The number of nitrogens with zero attached hydrogens (tertiary/aromatic N) is 2. The van der Waals surface area contributed by atoms with Crippen molar-refractivity contribution in [1.29, 1.82) is 0 Å². The van der Waals surface area contributed by atoms with Gasteiger partial charge in [0.1, 0.15) is 18.4 Å². The minimum atomic E-state index is -4.13. The van der Waals surface area contributed by atoms with E-state index in [-0.39, 0.29) is 23.4 Å². The molecule has 9 heteroatoms. The zero-order chi connectivity index (χ0) is 30.3. The molecule has 7 nitrogen and oxygen atoms in total. The molecule has 1 aliphatic carbocycles. The molecule has 4 rings (SSSR count). The zero-order valence-corrected chi connectivity index (χ0v) is 25.4. The predicted octanol–water partition coefficient (Wildman–Crippen LogP) is 5.89. The van der Waals surface area contributed by atoms with Crippen molar-refractivity contribution in [2.45, 2.75) is 82.8 Å². The maximum atomic E-state index is 14.2. The van der Waals surface area contributed by atoms with Crippen LogP contribution in [0, 0.1) is 19.7 Å². The SMILES string of the molecule is CC[C@@H](C(=O)NC1CCCCC1)N(Cc1ccc(F)cc1)C(=O)CN(c1cc(C)cc(C)c1)S(=O)(=O)c1ccccc1. The van der Waals surface area contributed by atoms with Gasteiger partial charge in [-0.3, -0.25) is 13.9 Å². The maximum Gasteiger partial charge on any atom is 0.264 e. The van der Waals surface area contributed by atoms with E-state index in [1.54, 1.807) is 42.5 Å². The monoisotopic (exact) mass is 593 g/mol. The van der Waals surface area contributed by atoms with Gasteiger partial charge in [0.25, 0.3) is 10.0 Å². The van der Waals surface area contributed by atoms with E-state index < -0.39 is 34.3 Å². The van der Waals surface area contributed by atoms with Crippen LogP contribution in [0.15, 0.2) is 77.7 Å². The second-order valence-corrected chi connectivity index (χ2v) is 12.9. The van der Waals surface area contributed by atoms with Crippen molar-refractivity contribution in [2.75, 3.05) is 10.8 Å². The highest BCUT2D eigenvalue weighted by Crippen LogP contribution is 2.27. The molecule has 0 bridgehead atoms. The number of aryl methyl sites for hydroxylation is 2. The van der Waals surface area contributed by atoms with Gasteiger partial charge in [-0.1, -0.05) is 62.6 Å². The number of sulfonamides is 1. The van der Waals surface area contributed by atoms with Crippen LogP contribution in [0.1, 0.15) is 62.1 Å². The van der Waals surface area contributed by atoms with E-state index in [1.807, 2.05) is 26.8 Å². The first-order valence-electron chi connectivity index (χ1n) is 14.6. The lowest BCUT2D eigenvalue weighted by molar-refractivity contribution is -0.140. The molecule has 3 aromatic carbocycles. The number of halogens is 1. The molecule has 42 heavy (non-hydrogen) atoms. The smallest absolute Gasteiger partial charge is 0.264 e. The van der Waals surface area contributed by atoms with Gasteiger partial charge < -0.3 is 10.2 Å². The fraction of sp³-hybridized carbons (Fsp3) is 0.394. The van der Waals surface area contributed by atoms with Crippen LogP contribution in [-0.2, 0) is 26.2 Å². The van der Waals surface area contributed by atoms with Crippen LogP contribution in [0.3, 0.4) is 0 Å². The first-order valence-corrected chi connectivity index (χ1v) is 16.0. The summed E-state index contributed by atoms with van der Waals surface area (Å²) in [7, 11) is -4.13. The van der Waals surface area contributed by atoms with Gasteiger partial charge in [-0.25, -0.2) is 12.8 Å². The largest absolute Gasteiger partial charge is 0.352 e. The van der Waals surface area contributed by atoms with E-state index in [1.165, 1.54) is 29.2 Å². The second-order valence-electron chi connectivity index (χ2n) is 11.1. The highest BCUT2D eigenvalue weighted by Gasteiger charge is 2.34. The zero-order valence-electron chi connectivity index (χ0n) is 24.6. The normalized spacial score (nSPS) is 14.7. The van der Waals surface area contributed by atoms with Crippen LogP contribution in [0.5, 0.6) is 0 Å². The van der Waals surface area contributed by atoms with Gasteiger partial charge in [-0.15, -0.1) is 0 Å². The van der Waals surface area contributed by atoms with Gasteiger partial charge in [-0.05, 0) is 86.2 Å². The van der Waals surface area contributed by atoms with Crippen LogP contribution in [0.25, 0.3) is 0 Å². The topological polar surface area (TPSA) is 86.8 Å². The second kappa shape index (κ2) is 14.0. The van der Waals surface area contributed by atoms with Gasteiger partial charge in [0.05, 0.1) is 10.6 Å². The fourth-order valence-electron chi connectivity index (χ4n) is 5.59. The van der Waals surface area contributed by atoms with Crippen molar-refractivity contribution in [3.8, 4) is 0 Å². The molecule has 224 valence electrons. The lowest BCUT2D eigenvalue weighted by atomic mass is 9.95. The Morgan fingerprint density at radius 2 is 1.55 bits per heavy atom. The number of hydrogen-bond donors (Lipinski definition) is 1. The molecule has 1 saturated carbocycles. The van der Waals surface area contributed by atoms with Crippen molar-refractivity contribution in [3.05, 3.63) is 95.3 Å². The lowest BCUT2D eigenvalue weighted by Gasteiger charge is -2.34. The van der Waals surface area contributed by atoms with Crippen LogP contribution < -0.4 is 9.62 Å². The van der Waals surface area contributed by atoms with E-state index in [2.05, 4.69) is 5.32 Å². The Morgan fingerprint density at radius 3 is 2.14 bits per heavy atom. The number of carbonyl (C=O) groups excluding carboxylic acids is 2. The Morgan fingerprint density at radius 1 is 0.929 bits per heavy atom. The molecule has 0 unspecified atom stereocenters. The highest BCUT2D eigenvalue weighted by atomic mass is 32.2. The van der Waals surface area contributed by atoms with Crippen molar-refractivity contribution >= 4 is 27.5 Å². The third-order valence-corrected chi connectivity index (χ3v) is 9.50. The van der Waals surface area contributed by atoms with E-state index >= 15 is 0 Å². The van der Waals surface area contributed by atoms with Crippen molar-refractivity contribution in [1.82, 2.24) is 10.2 Å². The van der Waals surface area contributed by atoms with Gasteiger partial charge in [0.2, 0.25) is 11.8 Å². The fourth-order valence-corrected chi connectivity index (χ4v) is 7.01. The average Bonchev–Trinajstić information content (AvgIpc) is 2.97. The lowest BCUT2D eigenvalue weighted by Crippen LogP contribution is -2.54. The van der Waals surface area contributed by atoms with Crippen molar-refractivity contribution in [3.63, 3.8) is 0 Å². The van der Waals surface area contributed by atoms with Gasteiger partial charge in [-0.2, -0.15) is 0 Å². The number of anilines is 1. The molecule has 1 fully saturated rings. The highest BCUT2D eigenvalue weighted by molar-refractivity contribution is 7.92. The number of nitrogens with one attached hydrogen (secondary N) is 1. The average molecular weight is 594 g/mol. The van der Waals surface area contributed by atoms with E-state index in [9.17, 15) is 22.4 Å². The molecule has 0 radical (unpaired) electrons. The summed E-state index contributed by atoms with van der Waals surface area (Å²) in [5.74, 6) is -1.19. The summed E-state index contributed by atoms with van der Waals surface area (Å²) in [6.45, 7) is 5.10. The van der Waals surface area contributed by atoms with E-state index in [0.717, 1.165) is 47.5 Å². The van der Waals surface area contributed by atoms with Crippen molar-refractivity contribution in [2.24, 2.45) is 0 Å². The van der Waals surface area contributed by atoms with Crippen LogP contribution in [0.2, 0.25) is 0 Å². The molecular formula is C33H40FN3O4S. The molecule has 0 heterocycles. The summed E-state index contributed by atoms with van der Waals surface area (Å²) in [6, 6.07) is 18.4. The molecular weight excluding hydrogens is 553 g/mol. The van der Waals surface area contributed by atoms with Gasteiger partial charge in [0.15, 0.2) is 0 Å².